The summed E-state index contributed by atoms with van der Waals surface area (Å²) in [4.78, 5) is 39.2. The summed E-state index contributed by atoms with van der Waals surface area (Å²) >= 11 is 6.60. The van der Waals surface area contributed by atoms with Gasteiger partial charge in [-0.05, 0) is 30.0 Å². The van der Waals surface area contributed by atoms with Crippen molar-refractivity contribution in [2.75, 3.05) is 32.8 Å². The predicted molar refractivity (Wildman–Crippen MR) is 91.5 cm³/mol. The lowest BCUT2D eigenvalue weighted by atomic mass is 10.2. The van der Waals surface area contributed by atoms with Gasteiger partial charge in [-0.2, -0.15) is 0 Å². The first-order valence-corrected chi connectivity index (χ1v) is 8.71. The van der Waals surface area contributed by atoms with Crippen LogP contribution in [0.2, 0.25) is 5.02 Å². The average Bonchev–Trinajstić information content (AvgIpc) is 2.86. The molecule has 0 spiro atoms. The lowest BCUT2D eigenvalue weighted by Gasteiger charge is -2.28. The first kappa shape index (κ1) is 17.9. The van der Waals surface area contributed by atoms with Crippen molar-refractivity contribution in [3.63, 3.8) is 0 Å². The summed E-state index contributed by atoms with van der Waals surface area (Å²) in [5, 5.41) is -0.429. The fraction of sp³-hybridized carbons (Fsp3) is 0.312. The number of carbonyl (C=O) groups is 3. The summed E-state index contributed by atoms with van der Waals surface area (Å²) in [6.07, 6.45) is 1.24. The van der Waals surface area contributed by atoms with E-state index in [2.05, 4.69) is 0 Å². The van der Waals surface area contributed by atoms with Gasteiger partial charge in [-0.3, -0.25) is 19.3 Å². The highest BCUT2D eigenvalue weighted by Gasteiger charge is 2.37. The van der Waals surface area contributed by atoms with Gasteiger partial charge in [0.15, 0.2) is 0 Å². The molecule has 2 heterocycles. The van der Waals surface area contributed by atoms with Gasteiger partial charge in [-0.1, -0.05) is 17.7 Å². The number of nitrogens with zero attached hydrogens (tertiary/aromatic N) is 2. The van der Waals surface area contributed by atoms with Crippen LogP contribution >= 0.6 is 23.4 Å². The second kappa shape index (κ2) is 7.55. The molecule has 3 amide bonds. The van der Waals surface area contributed by atoms with E-state index in [0.717, 1.165) is 4.90 Å². The number of hydrogen-bond acceptors (Lipinski definition) is 5. The zero-order valence-electron chi connectivity index (χ0n) is 13.0. The lowest BCUT2D eigenvalue weighted by molar-refractivity contribution is -0.139. The standard InChI is InChI=1S/C16H14ClFN2O4S/c17-11-2-1-3-12(18)10(11)8-13-15(22)20(16(23)25-13)9-14(21)19-4-6-24-7-5-19/h1-3,8H,4-7,9H2/b13-8+. The Morgan fingerprint density at radius 1 is 1.32 bits per heavy atom. The Morgan fingerprint density at radius 2 is 2.04 bits per heavy atom. The van der Waals surface area contributed by atoms with E-state index in [1.165, 1.54) is 24.3 Å². The molecule has 2 aliphatic heterocycles. The van der Waals surface area contributed by atoms with Gasteiger partial charge >= 0.3 is 0 Å². The predicted octanol–water partition coefficient (Wildman–Crippen LogP) is 2.37. The molecule has 0 saturated carbocycles. The monoisotopic (exact) mass is 384 g/mol. The topological polar surface area (TPSA) is 66.9 Å². The Balaban J connectivity index is 1.76. The number of amides is 3. The van der Waals surface area contributed by atoms with Gasteiger partial charge in [-0.25, -0.2) is 4.39 Å². The van der Waals surface area contributed by atoms with Gasteiger partial charge in [0.05, 0.1) is 23.1 Å². The molecule has 0 atom stereocenters. The van der Waals surface area contributed by atoms with E-state index in [1.54, 1.807) is 4.90 Å². The van der Waals surface area contributed by atoms with Crippen LogP contribution in [0, 0.1) is 5.82 Å². The molecule has 1 aromatic rings. The molecule has 6 nitrogen and oxygen atoms in total. The highest BCUT2D eigenvalue weighted by atomic mass is 35.5. The van der Waals surface area contributed by atoms with Crippen molar-refractivity contribution >= 4 is 46.5 Å². The number of hydrogen-bond donors (Lipinski definition) is 0. The first-order valence-electron chi connectivity index (χ1n) is 7.52. The van der Waals surface area contributed by atoms with Gasteiger partial charge in [0.2, 0.25) is 5.91 Å². The van der Waals surface area contributed by atoms with Crippen LogP contribution in [0.1, 0.15) is 5.56 Å². The molecule has 1 aromatic carbocycles. The highest BCUT2D eigenvalue weighted by molar-refractivity contribution is 8.18. The third kappa shape index (κ3) is 3.86. The number of rotatable bonds is 3. The molecule has 25 heavy (non-hydrogen) atoms. The lowest BCUT2D eigenvalue weighted by Crippen LogP contribution is -2.46. The highest BCUT2D eigenvalue weighted by Crippen LogP contribution is 2.34. The maximum absolute atomic E-state index is 13.9. The zero-order valence-corrected chi connectivity index (χ0v) is 14.6. The molecule has 2 aliphatic rings. The fourth-order valence-corrected chi connectivity index (χ4v) is 3.50. The van der Waals surface area contributed by atoms with Crippen LogP contribution in [0.25, 0.3) is 6.08 Å². The second-order valence-corrected chi connectivity index (χ2v) is 6.80. The molecule has 0 radical (unpaired) electrons. The van der Waals surface area contributed by atoms with Crippen molar-refractivity contribution < 1.29 is 23.5 Å². The largest absolute Gasteiger partial charge is 0.378 e. The van der Waals surface area contributed by atoms with Gasteiger partial charge in [0, 0.05) is 18.7 Å². The Labute approximate surface area is 152 Å². The molecule has 0 aromatic heterocycles. The number of halogens is 2. The van der Waals surface area contributed by atoms with E-state index in [9.17, 15) is 18.8 Å². The van der Waals surface area contributed by atoms with Crippen LogP contribution in [-0.4, -0.2) is 59.7 Å². The normalized spacial score (nSPS) is 19.8. The van der Waals surface area contributed by atoms with Crippen molar-refractivity contribution in [3.05, 3.63) is 39.5 Å². The number of morpholine rings is 1. The van der Waals surface area contributed by atoms with E-state index in [0.29, 0.717) is 38.1 Å². The van der Waals surface area contributed by atoms with Crippen molar-refractivity contribution in [2.24, 2.45) is 0 Å². The first-order chi connectivity index (χ1) is 12.0. The average molecular weight is 385 g/mol. The van der Waals surface area contributed by atoms with Crippen molar-refractivity contribution in [1.82, 2.24) is 9.80 Å². The summed E-state index contributed by atoms with van der Waals surface area (Å²) in [5.74, 6) is -1.55. The van der Waals surface area contributed by atoms with Crippen molar-refractivity contribution in [1.29, 1.82) is 0 Å². The molecule has 0 aliphatic carbocycles. The van der Waals surface area contributed by atoms with Crippen molar-refractivity contribution in [2.45, 2.75) is 0 Å². The SMILES string of the molecule is O=C(CN1C(=O)S/C(=C/c2c(F)cccc2Cl)C1=O)N1CCOCC1. The summed E-state index contributed by atoms with van der Waals surface area (Å²) in [6, 6.07) is 4.15. The van der Waals surface area contributed by atoms with E-state index < -0.39 is 17.0 Å². The summed E-state index contributed by atoms with van der Waals surface area (Å²) in [6.45, 7) is 1.37. The maximum Gasteiger partial charge on any atom is 0.294 e. The molecule has 2 saturated heterocycles. The molecule has 0 bridgehead atoms. The molecule has 132 valence electrons. The Hall–Kier alpha value is -1.90. The number of thioether (sulfide) groups is 1. The van der Waals surface area contributed by atoms with E-state index in [1.807, 2.05) is 0 Å². The Kier molecular flexibility index (Phi) is 5.41. The molecule has 9 heteroatoms. The summed E-state index contributed by atoms with van der Waals surface area (Å²) in [7, 11) is 0. The Bertz CT molecular complexity index is 744. The molecular formula is C16H14ClFN2O4S. The van der Waals surface area contributed by atoms with Crippen LogP contribution < -0.4 is 0 Å². The van der Waals surface area contributed by atoms with Crippen LogP contribution in [0.4, 0.5) is 9.18 Å². The molecule has 0 unspecified atom stereocenters. The molecular weight excluding hydrogens is 371 g/mol. The van der Waals surface area contributed by atoms with Gasteiger partial charge < -0.3 is 9.64 Å². The van der Waals surface area contributed by atoms with Gasteiger partial charge in [0.25, 0.3) is 11.1 Å². The summed E-state index contributed by atoms with van der Waals surface area (Å²) in [5.41, 5.74) is 0.0363. The molecule has 3 rings (SSSR count). The van der Waals surface area contributed by atoms with E-state index in [-0.39, 0.29) is 27.9 Å². The molecule has 2 fully saturated rings. The third-order valence-electron chi connectivity index (χ3n) is 3.81. The van der Waals surface area contributed by atoms with Crippen LogP contribution in [-0.2, 0) is 14.3 Å². The number of carbonyl (C=O) groups excluding carboxylic acids is 3. The van der Waals surface area contributed by atoms with Gasteiger partial charge in [-0.15, -0.1) is 0 Å². The summed E-state index contributed by atoms with van der Waals surface area (Å²) < 4.78 is 19.0. The van der Waals surface area contributed by atoms with E-state index in [4.69, 9.17) is 16.3 Å². The molecule has 0 N–H and O–H groups in total. The van der Waals surface area contributed by atoms with Crippen LogP contribution in [0.5, 0.6) is 0 Å². The smallest absolute Gasteiger partial charge is 0.294 e. The zero-order chi connectivity index (χ0) is 18.0. The third-order valence-corrected chi connectivity index (χ3v) is 5.04. The fourth-order valence-electron chi connectivity index (χ4n) is 2.46. The quantitative estimate of drug-likeness (QED) is 0.748. The van der Waals surface area contributed by atoms with E-state index >= 15 is 0 Å². The number of ether oxygens (including phenoxy) is 1. The van der Waals surface area contributed by atoms with Crippen LogP contribution in [0.3, 0.4) is 0 Å². The number of imide groups is 1. The Morgan fingerprint density at radius 3 is 2.72 bits per heavy atom. The van der Waals surface area contributed by atoms with Crippen LogP contribution in [0.15, 0.2) is 23.1 Å². The minimum atomic E-state index is -0.629. The minimum absolute atomic E-state index is 0.0341. The minimum Gasteiger partial charge on any atom is -0.378 e. The van der Waals surface area contributed by atoms with Gasteiger partial charge in [0.1, 0.15) is 12.4 Å². The maximum atomic E-state index is 13.9. The second-order valence-electron chi connectivity index (χ2n) is 5.40. The number of benzene rings is 1. The van der Waals surface area contributed by atoms with Crippen molar-refractivity contribution in [3.8, 4) is 0 Å².